The second-order valence-electron chi connectivity index (χ2n) is 11.1. The van der Waals surface area contributed by atoms with Gasteiger partial charge in [0.2, 0.25) is 0 Å². The van der Waals surface area contributed by atoms with E-state index in [-0.39, 0.29) is 42.2 Å². The third-order valence-corrected chi connectivity index (χ3v) is 12.3. The van der Waals surface area contributed by atoms with Crippen LogP contribution >= 0.6 is 0 Å². The molecule has 5 aliphatic rings. The van der Waals surface area contributed by atoms with Crippen LogP contribution in [0.2, 0.25) is 4.82 Å². The molecule has 0 radical (unpaired) electrons. The predicted octanol–water partition coefficient (Wildman–Crippen LogP) is 5.51. The number of hydrogen-bond acceptors (Lipinski definition) is 3. The van der Waals surface area contributed by atoms with Crippen LogP contribution in [0.4, 0.5) is 0 Å². The molecule has 2 fully saturated rings. The van der Waals surface area contributed by atoms with Gasteiger partial charge in [-0.2, -0.15) is 0 Å². The number of esters is 1. The molecule has 4 aliphatic carbocycles. The fraction of sp³-hybridized carbons (Fsp3) is 0.552. The average molecular weight is 510 g/mol. The van der Waals surface area contributed by atoms with Crippen molar-refractivity contribution >= 4 is 25.4 Å². The molecule has 1 aromatic carbocycles. The standard InChI is InChI=1S/C29H34O3Se/c1-27-14-11-20(31-3)17-19(27)9-10-22-23(27)12-15-28(2)24(22)13-16-29(28)18-25(26(30)32-29)33-21-7-5-4-6-8-21/h4-9,12,17,22,24-25H,10-11,13-16,18H2,1-3H3/t22?,24?,25?,27-,28-,29+/m0/s1. The Morgan fingerprint density at radius 3 is 2.73 bits per heavy atom. The number of methoxy groups -OCH3 is 1. The molecule has 0 amide bonds. The molecule has 1 saturated heterocycles. The quantitative estimate of drug-likeness (QED) is 0.306. The van der Waals surface area contributed by atoms with E-state index in [1.807, 2.05) is 6.07 Å². The fourth-order valence-electron chi connectivity index (χ4n) is 7.80. The third kappa shape index (κ3) is 3.09. The van der Waals surface area contributed by atoms with Crippen LogP contribution in [-0.2, 0) is 14.3 Å². The van der Waals surface area contributed by atoms with Gasteiger partial charge in [-0.3, -0.25) is 0 Å². The van der Waals surface area contributed by atoms with Gasteiger partial charge in [-0.1, -0.05) is 0 Å². The third-order valence-electron chi connectivity index (χ3n) is 9.76. The normalized spacial score (nSPS) is 41.4. The van der Waals surface area contributed by atoms with E-state index in [1.165, 1.54) is 16.5 Å². The van der Waals surface area contributed by atoms with Gasteiger partial charge in [-0.25, -0.2) is 0 Å². The van der Waals surface area contributed by atoms with Crippen molar-refractivity contribution in [1.82, 2.24) is 0 Å². The molecule has 0 N–H and O–H groups in total. The second-order valence-corrected chi connectivity index (χ2v) is 13.8. The molecule has 6 rings (SSSR count). The summed E-state index contributed by atoms with van der Waals surface area (Å²) in [6.45, 7) is 4.88. The minimum atomic E-state index is -0.279. The number of carbonyl (C=O) groups is 1. The monoisotopic (exact) mass is 510 g/mol. The van der Waals surface area contributed by atoms with Gasteiger partial charge >= 0.3 is 197 Å². The Balaban J connectivity index is 1.29. The number of rotatable bonds is 3. The van der Waals surface area contributed by atoms with Crippen LogP contribution in [-0.4, -0.2) is 33.6 Å². The van der Waals surface area contributed by atoms with Crippen LogP contribution < -0.4 is 4.46 Å². The van der Waals surface area contributed by atoms with Crippen LogP contribution in [0.25, 0.3) is 0 Å². The second kappa shape index (κ2) is 7.62. The molecule has 6 atom stereocenters. The van der Waals surface area contributed by atoms with E-state index < -0.39 is 0 Å². The molecule has 1 saturated carbocycles. The van der Waals surface area contributed by atoms with Crippen LogP contribution in [0, 0.1) is 22.7 Å². The summed E-state index contributed by atoms with van der Waals surface area (Å²) in [7, 11) is 1.79. The van der Waals surface area contributed by atoms with Crippen molar-refractivity contribution in [2.24, 2.45) is 22.7 Å². The Morgan fingerprint density at radius 1 is 1.12 bits per heavy atom. The maximum absolute atomic E-state index is 13.1. The van der Waals surface area contributed by atoms with Gasteiger partial charge in [0.15, 0.2) is 0 Å². The molecule has 1 aliphatic heterocycles. The van der Waals surface area contributed by atoms with Gasteiger partial charge in [-0.15, -0.1) is 0 Å². The molecule has 1 aromatic rings. The van der Waals surface area contributed by atoms with Crippen molar-refractivity contribution in [3.05, 3.63) is 65.5 Å². The number of fused-ring (bicyclic) bond motifs is 6. The molecule has 0 bridgehead atoms. The van der Waals surface area contributed by atoms with Crippen LogP contribution in [0.1, 0.15) is 58.8 Å². The summed E-state index contributed by atoms with van der Waals surface area (Å²) in [4.78, 5) is 13.1. The zero-order valence-electron chi connectivity index (χ0n) is 19.9. The Kier molecular flexibility index (Phi) is 5.02. The molecule has 3 unspecified atom stereocenters. The van der Waals surface area contributed by atoms with E-state index in [1.54, 1.807) is 12.7 Å². The van der Waals surface area contributed by atoms with Gasteiger partial charge in [0.05, 0.1) is 7.11 Å². The van der Waals surface area contributed by atoms with Gasteiger partial charge in [0.25, 0.3) is 0 Å². The van der Waals surface area contributed by atoms with E-state index in [4.69, 9.17) is 9.47 Å². The summed E-state index contributed by atoms with van der Waals surface area (Å²) in [6, 6.07) is 10.5. The Morgan fingerprint density at radius 2 is 1.94 bits per heavy atom. The molecule has 3 nitrogen and oxygen atoms in total. The molecule has 1 heterocycles. The minimum absolute atomic E-state index is 0.0439. The predicted molar refractivity (Wildman–Crippen MR) is 131 cm³/mol. The van der Waals surface area contributed by atoms with Gasteiger partial charge in [-0.05, 0) is 0 Å². The van der Waals surface area contributed by atoms with Crippen LogP contribution in [0.5, 0.6) is 0 Å². The van der Waals surface area contributed by atoms with Gasteiger partial charge in [0.1, 0.15) is 0 Å². The summed E-state index contributed by atoms with van der Waals surface area (Å²) in [6.07, 6.45) is 14.7. The number of allylic oxidation sites excluding steroid dienone is 6. The summed E-state index contributed by atoms with van der Waals surface area (Å²) in [5.41, 5.74) is 3.00. The molecule has 1 spiro atoms. The fourth-order valence-corrected chi connectivity index (χ4v) is 10.2. The SMILES string of the molecule is COC1=CC2=CCC3C(=CC[C@@]4(C)C3CC[C@@]43CC([Se]c4ccccc4)C(=O)O3)[C@@]2(C)CC1. The van der Waals surface area contributed by atoms with Crippen molar-refractivity contribution in [2.45, 2.75) is 69.2 Å². The van der Waals surface area contributed by atoms with Crippen molar-refractivity contribution in [2.75, 3.05) is 7.11 Å². The van der Waals surface area contributed by atoms with E-state index in [0.717, 1.165) is 44.3 Å². The molecular formula is C29H34O3Se. The summed E-state index contributed by atoms with van der Waals surface area (Å²) in [5.74, 6) is 2.34. The summed E-state index contributed by atoms with van der Waals surface area (Å²) < 4.78 is 13.3. The topological polar surface area (TPSA) is 35.5 Å². The maximum atomic E-state index is 13.1. The van der Waals surface area contributed by atoms with Crippen molar-refractivity contribution in [1.29, 1.82) is 0 Å². The molecular weight excluding hydrogens is 475 g/mol. The Labute approximate surface area is 203 Å². The Bertz CT molecular complexity index is 1070. The number of benzene rings is 1. The van der Waals surface area contributed by atoms with E-state index >= 15 is 0 Å². The molecule has 33 heavy (non-hydrogen) atoms. The van der Waals surface area contributed by atoms with Crippen molar-refractivity contribution < 1.29 is 14.3 Å². The van der Waals surface area contributed by atoms with E-state index in [2.05, 4.69) is 56.3 Å². The van der Waals surface area contributed by atoms with Crippen molar-refractivity contribution in [3.8, 4) is 0 Å². The van der Waals surface area contributed by atoms with Crippen LogP contribution in [0.15, 0.2) is 65.5 Å². The van der Waals surface area contributed by atoms with Crippen LogP contribution in [0.3, 0.4) is 0 Å². The van der Waals surface area contributed by atoms with Crippen molar-refractivity contribution in [3.63, 3.8) is 0 Å². The Hall–Kier alpha value is -1.77. The molecule has 4 heteroatoms. The average Bonchev–Trinajstić information content (AvgIpc) is 3.29. The first kappa shape index (κ1) is 21.7. The van der Waals surface area contributed by atoms with Gasteiger partial charge < -0.3 is 0 Å². The number of carbonyl (C=O) groups excluding carboxylic acids is 1. The first-order chi connectivity index (χ1) is 15.9. The molecule has 174 valence electrons. The first-order valence-electron chi connectivity index (χ1n) is 12.5. The van der Waals surface area contributed by atoms with E-state index in [9.17, 15) is 4.79 Å². The molecule has 0 aromatic heterocycles. The summed E-state index contributed by atoms with van der Waals surface area (Å²) >= 11 is 0.134. The van der Waals surface area contributed by atoms with Gasteiger partial charge in [0, 0.05) is 0 Å². The first-order valence-corrected chi connectivity index (χ1v) is 14.3. The van der Waals surface area contributed by atoms with E-state index in [0.29, 0.717) is 11.8 Å². The number of hydrogen-bond donors (Lipinski definition) is 0. The zero-order valence-corrected chi connectivity index (χ0v) is 21.6. The summed E-state index contributed by atoms with van der Waals surface area (Å²) in [5, 5.41) is 0. The number of ether oxygens (including phenoxy) is 2. The zero-order chi connectivity index (χ0) is 22.8.